The van der Waals surface area contributed by atoms with Crippen molar-refractivity contribution in [2.45, 2.75) is 5.03 Å². The number of nitrogens with one attached hydrogen (secondary N) is 1. The zero-order valence-corrected chi connectivity index (χ0v) is 13.0. The van der Waals surface area contributed by atoms with Gasteiger partial charge in [0.25, 0.3) is 10.0 Å². The minimum absolute atomic E-state index is 0.0346. The zero-order valence-electron chi connectivity index (χ0n) is 11.4. The van der Waals surface area contributed by atoms with Crippen molar-refractivity contribution in [3.8, 4) is 0 Å². The highest BCUT2D eigenvalue weighted by Crippen LogP contribution is 2.27. The van der Waals surface area contributed by atoms with E-state index in [-0.39, 0.29) is 37.1 Å². The van der Waals surface area contributed by atoms with Crippen LogP contribution >= 0.6 is 11.3 Å². The van der Waals surface area contributed by atoms with Crippen LogP contribution in [0.1, 0.15) is 0 Å². The molecule has 0 saturated carbocycles. The first kappa shape index (κ1) is 16.1. The van der Waals surface area contributed by atoms with Gasteiger partial charge in [0.2, 0.25) is 5.03 Å². The highest BCUT2D eigenvalue weighted by Gasteiger charge is 2.31. The van der Waals surface area contributed by atoms with E-state index in [1.165, 1.54) is 22.8 Å². The van der Waals surface area contributed by atoms with Crippen LogP contribution in [0.2, 0.25) is 0 Å². The van der Waals surface area contributed by atoms with E-state index in [0.717, 1.165) is 4.31 Å². The molecule has 4 N–H and O–H groups in total. The number of fused-ring (bicyclic) bond motifs is 1. The summed E-state index contributed by atoms with van der Waals surface area (Å²) in [6, 6.07) is 0. The summed E-state index contributed by atoms with van der Waals surface area (Å²) in [5.74, 6) is 5.44. The van der Waals surface area contributed by atoms with E-state index in [1.54, 1.807) is 11.6 Å². The molecule has 0 aromatic carbocycles. The monoisotopic (exact) mass is 335 g/mol. The van der Waals surface area contributed by atoms with Crippen molar-refractivity contribution < 1.29 is 18.3 Å². The molecule has 0 spiro atoms. The Morgan fingerprint density at radius 2 is 2.33 bits per heavy atom. The summed E-state index contributed by atoms with van der Waals surface area (Å²) in [7, 11) is -2.39. The molecule has 0 fully saturated rings. The van der Waals surface area contributed by atoms with Crippen LogP contribution in [0, 0.1) is 0 Å². The van der Waals surface area contributed by atoms with Gasteiger partial charge in [-0.05, 0) is 0 Å². The molecule has 9 nitrogen and oxygen atoms in total. The van der Waals surface area contributed by atoms with E-state index < -0.39 is 10.0 Å². The molecule has 118 valence electrons. The molecule has 0 aliphatic heterocycles. The molecule has 2 aromatic heterocycles. The fourth-order valence-electron chi connectivity index (χ4n) is 1.88. The van der Waals surface area contributed by atoms with Gasteiger partial charge in [-0.2, -0.15) is 9.29 Å². The van der Waals surface area contributed by atoms with Crippen LogP contribution in [0.4, 0.5) is 5.82 Å². The maximum atomic E-state index is 12.8. The molecule has 2 rings (SSSR count). The molecule has 0 aliphatic carbocycles. The van der Waals surface area contributed by atoms with Crippen molar-refractivity contribution in [2.75, 3.05) is 38.8 Å². The lowest BCUT2D eigenvalue weighted by Crippen LogP contribution is -2.37. The van der Waals surface area contributed by atoms with Crippen LogP contribution in [-0.2, 0) is 14.8 Å². The third-order valence-corrected chi connectivity index (χ3v) is 5.51. The van der Waals surface area contributed by atoms with Crippen LogP contribution in [-0.4, -0.2) is 60.6 Å². The van der Waals surface area contributed by atoms with E-state index in [2.05, 4.69) is 10.4 Å². The van der Waals surface area contributed by atoms with Crippen molar-refractivity contribution in [2.24, 2.45) is 5.84 Å². The summed E-state index contributed by atoms with van der Waals surface area (Å²) in [5.41, 5.74) is 2.31. The average Bonchev–Trinajstić information content (AvgIpc) is 3.02. The maximum absolute atomic E-state index is 12.8. The summed E-state index contributed by atoms with van der Waals surface area (Å²) in [6.07, 6.45) is 1.61. The molecule has 11 heteroatoms. The second-order valence-corrected chi connectivity index (χ2v) is 6.81. The topological polar surface area (TPSA) is 122 Å². The van der Waals surface area contributed by atoms with E-state index in [1.807, 2.05) is 0 Å². The largest absolute Gasteiger partial charge is 0.395 e. The number of methoxy groups -OCH3 is 1. The fraction of sp³-hybridized carbons (Fsp3) is 0.500. The Labute approximate surface area is 126 Å². The van der Waals surface area contributed by atoms with Crippen molar-refractivity contribution in [3.05, 3.63) is 11.6 Å². The number of anilines is 1. The Balaban J connectivity index is 2.49. The molecular formula is C10H17N5O4S2. The van der Waals surface area contributed by atoms with Gasteiger partial charge in [-0.3, -0.25) is 4.40 Å². The second-order valence-electron chi connectivity index (χ2n) is 4.09. The van der Waals surface area contributed by atoms with Gasteiger partial charge in [0.15, 0.2) is 10.8 Å². The Hall–Kier alpha value is -1.24. The standard InChI is InChI=1S/C10H17N5O4S2/c1-19-6-3-14(2-5-16)21(17,18)9-8(13-11)12-10-15(9)4-7-20-10/h4,7,13,16H,2-3,5-6,11H2,1H3. The number of nitrogens with two attached hydrogens (primary N) is 1. The summed E-state index contributed by atoms with van der Waals surface area (Å²) < 4.78 is 33.1. The lowest BCUT2D eigenvalue weighted by Gasteiger charge is -2.20. The number of hydrogen-bond acceptors (Lipinski definition) is 8. The number of nitrogens with zero attached hydrogens (tertiary/aromatic N) is 3. The van der Waals surface area contributed by atoms with Crippen LogP contribution < -0.4 is 11.3 Å². The molecular weight excluding hydrogens is 318 g/mol. The van der Waals surface area contributed by atoms with E-state index in [4.69, 9.17) is 15.7 Å². The number of aliphatic hydroxyl groups is 1. The van der Waals surface area contributed by atoms with E-state index in [0.29, 0.717) is 4.96 Å². The third-order valence-electron chi connectivity index (χ3n) is 2.83. The average molecular weight is 335 g/mol. The molecule has 21 heavy (non-hydrogen) atoms. The van der Waals surface area contributed by atoms with Crippen LogP contribution in [0.15, 0.2) is 16.6 Å². The zero-order chi connectivity index (χ0) is 15.5. The smallest absolute Gasteiger partial charge is 0.263 e. The van der Waals surface area contributed by atoms with Crippen LogP contribution in [0.3, 0.4) is 0 Å². The lowest BCUT2D eigenvalue weighted by molar-refractivity contribution is 0.168. The number of hydrogen-bond donors (Lipinski definition) is 3. The Bertz CT molecular complexity index is 695. The lowest BCUT2D eigenvalue weighted by atomic mass is 10.6. The third kappa shape index (κ3) is 3.02. The van der Waals surface area contributed by atoms with Gasteiger partial charge in [0.05, 0.1) is 13.2 Å². The molecule has 0 saturated heterocycles. The van der Waals surface area contributed by atoms with Crippen molar-refractivity contribution in [3.63, 3.8) is 0 Å². The summed E-state index contributed by atoms with van der Waals surface area (Å²) in [4.78, 5) is 4.64. The first-order chi connectivity index (χ1) is 10.1. The predicted octanol–water partition coefficient (Wildman–Crippen LogP) is -0.689. The summed E-state index contributed by atoms with van der Waals surface area (Å²) in [5, 5.41) is 10.8. The highest BCUT2D eigenvalue weighted by molar-refractivity contribution is 7.89. The number of rotatable bonds is 8. The predicted molar refractivity (Wildman–Crippen MR) is 78.6 cm³/mol. The molecule has 2 aromatic rings. The number of ether oxygens (including phenoxy) is 1. The number of hydrazine groups is 1. The molecule has 0 atom stereocenters. The van der Waals surface area contributed by atoms with Crippen LogP contribution in [0.5, 0.6) is 0 Å². The van der Waals surface area contributed by atoms with Gasteiger partial charge in [-0.1, -0.05) is 0 Å². The van der Waals surface area contributed by atoms with Gasteiger partial charge in [-0.15, -0.1) is 11.3 Å². The number of aliphatic hydroxyl groups excluding tert-OH is 1. The summed E-state index contributed by atoms with van der Waals surface area (Å²) in [6.45, 7) is 0.0178. The van der Waals surface area contributed by atoms with Gasteiger partial charge < -0.3 is 15.3 Å². The number of imidazole rings is 1. The quantitative estimate of drug-likeness (QED) is 0.431. The number of sulfonamides is 1. The maximum Gasteiger partial charge on any atom is 0.263 e. The SMILES string of the molecule is COCCN(CCO)S(=O)(=O)c1c(NN)nc2sccn12. The van der Waals surface area contributed by atoms with Gasteiger partial charge >= 0.3 is 0 Å². The first-order valence-electron chi connectivity index (χ1n) is 6.08. The minimum atomic E-state index is -3.87. The Morgan fingerprint density at radius 1 is 1.57 bits per heavy atom. The normalized spacial score (nSPS) is 12.4. The Kier molecular flexibility index (Phi) is 5.13. The van der Waals surface area contributed by atoms with Crippen molar-refractivity contribution >= 4 is 32.1 Å². The van der Waals surface area contributed by atoms with E-state index >= 15 is 0 Å². The van der Waals surface area contributed by atoms with Gasteiger partial charge in [0, 0.05) is 31.8 Å². The van der Waals surface area contributed by atoms with E-state index in [9.17, 15) is 8.42 Å². The molecule has 0 radical (unpaired) electrons. The number of aromatic nitrogens is 2. The van der Waals surface area contributed by atoms with Crippen molar-refractivity contribution in [1.29, 1.82) is 0 Å². The number of thiazole rings is 1. The van der Waals surface area contributed by atoms with Crippen LogP contribution in [0.25, 0.3) is 4.96 Å². The molecule has 0 aliphatic rings. The molecule has 2 heterocycles. The molecule has 0 amide bonds. The second kappa shape index (κ2) is 6.68. The molecule has 0 unspecified atom stereocenters. The number of nitrogen functional groups attached to an aromatic ring is 1. The fourth-order valence-corrected chi connectivity index (χ4v) is 4.28. The van der Waals surface area contributed by atoms with Gasteiger partial charge in [0.1, 0.15) is 0 Å². The molecule has 0 bridgehead atoms. The highest BCUT2D eigenvalue weighted by atomic mass is 32.2. The Morgan fingerprint density at radius 3 is 2.95 bits per heavy atom. The first-order valence-corrected chi connectivity index (χ1v) is 8.40. The summed E-state index contributed by atoms with van der Waals surface area (Å²) >= 11 is 1.30. The van der Waals surface area contributed by atoms with Gasteiger partial charge in [-0.25, -0.2) is 14.3 Å². The van der Waals surface area contributed by atoms with Crippen molar-refractivity contribution in [1.82, 2.24) is 13.7 Å². The minimum Gasteiger partial charge on any atom is -0.395 e.